The van der Waals surface area contributed by atoms with Crippen molar-refractivity contribution in [1.29, 1.82) is 10.7 Å². The standard InChI is InChI=1S/C16H13N5O/c17-10-14(16(18)19)21-20-13-9-5-4-8-12(13)15(22)11-6-2-1-3-7-11/h1-9,20H,(H3,18,19)/b21-14+. The Morgan fingerprint density at radius 3 is 2.41 bits per heavy atom. The first-order chi connectivity index (χ1) is 10.6. The number of anilines is 1. The molecule has 0 aliphatic carbocycles. The molecular weight excluding hydrogens is 278 g/mol. The molecule has 2 aromatic rings. The minimum Gasteiger partial charge on any atom is -0.382 e. The fourth-order valence-corrected chi connectivity index (χ4v) is 1.79. The number of amidine groups is 1. The normalized spacial score (nSPS) is 10.6. The van der Waals surface area contributed by atoms with Crippen LogP contribution in [0.4, 0.5) is 5.69 Å². The van der Waals surface area contributed by atoms with Crippen LogP contribution in [0.25, 0.3) is 0 Å². The summed E-state index contributed by atoms with van der Waals surface area (Å²) in [6, 6.07) is 17.3. The van der Waals surface area contributed by atoms with Gasteiger partial charge in [-0.15, -0.1) is 0 Å². The van der Waals surface area contributed by atoms with E-state index in [1.165, 1.54) is 0 Å². The number of nitriles is 1. The van der Waals surface area contributed by atoms with Crippen molar-refractivity contribution < 1.29 is 4.79 Å². The van der Waals surface area contributed by atoms with E-state index in [1.807, 2.05) is 6.07 Å². The van der Waals surface area contributed by atoms with Crippen molar-refractivity contribution in [3.63, 3.8) is 0 Å². The molecule has 2 rings (SSSR count). The van der Waals surface area contributed by atoms with E-state index in [1.54, 1.807) is 54.6 Å². The van der Waals surface area contributed by atoms with Crippen LogP contribution in [0.1, 0.15) is 15.9 Å². The number of ketones is 1. The summed E-state index contributed by atoms with van der Waals surface area (Å²) in [5.74, 6) is -0.609. The fraction of sp³-hybridized carbons (Fsp3) is 0. The third-order valence-corrected chi connectivity index (χ3v) is 2.86. The number of benzene rings is 2. The number of hydrogen-bond acceptors (Lipinski definition) is 5. The van der Waals surface area contributed by atoms with Crippen LogP contribution in [0.15, 0.2) is 59.7 Å². The van der Waals surface area contributed by atoms with Crippen molar-refractivity contribution in [3.8, 4) is 6.07 Å². The van der Waals surface area contributed by atoms with Gasteiger partial charge in [-0.3, -0.25) is 15.6 Å². The first kappa shape index (κ1) is 14.9. The van der Waals surface area contributed by atoms with E-state index in [9.17, 15) is 4.79 Å². The Kier molecular flexibility index (Phi) is 4.63. The van der Waals surface area contributed by atoms with Crippen molar-refractivity contribution in [2.45, 2.75) is 0 Å². The van der Waals surface area contributed by atoms with Crippen LogP contribution in [0.3, 0.4) is 0 Å². The molecule has 108 valence electrons. The molecule has 0 atom stereocenters. The van der Waals surface area contributed by atoms with Crippen LogP contribution >= 0.6 is 0 Å². The van der Waals surface area contributed by atoms with Gasteiger partial charge in [0.15, 0.2) is 11.6 Å². The van der Waals surface area contributed by atoms with Crippen LogP contribution in [0, 0.1) is 16.7 Å². The number of carbonyl (C=O) groups excluding carboxylic acids is 1. The average molecular weight is 291 g/mol. The zero-order valence-corrected chi connectivity index (χ0v) is 11.6. The van der Waals surface area contributed by atoms with Crippen molar-refractivity contribution in [1.82, 2.24) is 0 Å². The third kappa shape index (κ3) is 3.35. The van der Waals surface area contributed by atoms with Gasteiger partial charge in [0.25, 0.3) is 0 Å². The molecule has 4 N–H and O–H groups in total. The number of hydrogen-bond donors (Lipinski definition) is 3. The molecule has 6 heteroatoms. The van der Waals surface area contributed by atoms with Gasteiger partial charge in [0.05, 0.1) is 5.69 Å². The molecular formula is C16H13N5O. The van der Waals surface area contributed by atoms with E-state index >= 15 is 0 Å². The second kappa shape index (κ2) is 6.81. The lowest BCUT2D eigenvalue weighted by Gasteiger charge is -2.08. The molecule has 0 heterocycles. The molecule has 0 fully saturated rings. The van der Waals surface area contributed by atoms with Crippen molar-refractivity contribution in [2.24, 2.45) is 10.8 Å². The lowest BCUT2D eigenvalue weighted by molar-refractivity contribution is 0.103. The summed E-state index contributed by atoms with van der Waals surface area (Å²) in [5.41, 5.74) is 8.99. The van der Waals surface area contributed by atoms with E-state index in [2.05, 4.69) is 10.5 Å². The summed E-state index contributed by atoms with van der Waals surface area (Å²) in [5, 5.41) is 19.8. The number of para-hydroxylation sites is 1. The number of hydrazone groups is 1. The van der Waals surface area contributed by atoms with Crippen LogP contribution in [0.5, 0.6) is 0 Å². The maximum atomic E-state index is 12.5. The van der Waals surface area contributed by atoms with Gasteiger partial charge in [0, 0.05) is 11.1 Å². The summed E-state index contributed by atoms with van der Waals surface area (Å²) in [6.07, 6.45) is 0. The second-order valence-corrected chi connectivity index (χ2v) is 4.34. The van der Waals surface area contributed by atoms with E-state index in [0.717, 1.165) is 0 Å². The Balaban J connectivity index is 2.34. The molecule has 2 aromatic carbocycles. The molecule has 0 unspecified atom stereocenters. The first-order valence-corrected chi connectivity index (χ1v) is 6.40. The molecule has 0 amide bonds. The quantitative estimate of drug-likeness (QED) is 0.339. The van der Waals surface area contributed by atoms with Crippen molar-refractivity contribution >= 4 is 23.0 Å². The lowest BCUT2D eigenvalue weighted by atomic mass is 10.0. The SMILES string of the molecule is N#C/C(=N\Nc1ccccc1C(=O)c1ccccc1)C(=N)N. The number of nitrogens with one attached hydrogen (secondary N) is 2. The van der Waals surface area contributed by atoms with Gasteiger partial charge in [-0.25, -0.2) is 0 Å². The predicted molar refractivity (Wildman–Crippen MR) is 84.9 cm³/mol. The minimum absolute atomic E-state index is 0.166. The highest BCUT2D eigenvalue weighted by molar-refractivity contribution is 6.45. The molecule has 0 aromatic heterocycles. The van der Waals surface area contributed by atoms with E-state index in [4.69, 9.17) is 16.4 Å². The Morgan fingerprint density at radius 1 is 1.14 bits per heavy atom. The maximum Gasteiger partial charge on any atom is 0.201 e. The molecule has 0 aliphatic heterocycles. The van der Waals surface area contributed by atoms with Crippen LogP contribution in [0.2, 0.25) is 0 Å². The molecule has 6 nitrogen and oxygen atoms in total. The molecule has 22 heavy (non-hydrogen) atoms. The predicted octanol–water partition coefficient (Wildman–Crippen LogP) is 2.15. The third-order valence-electron chi connectivity index (χ3n) is 2.86. The summed E-state index contributed by atoms with van der Waals surface area (Å²) in [7, 11) is 0. The zero-order chi connectivity index (χ0) is 15.9. The topological polar surface area (TPSA) is 115 Å². The molecule has 0 bridgehead atoms. The second-order valence-electron chi connectivity index (χ2n) is 4.34. The summed E-state index contributed by atoms with van der Waals surface area (Å²) < 4.78 is 0. The minimum atomic E-state index is -0.443. The molecule has 0 saturated heterocycles. The van der Waals surface area contributed by atoms with Gasteiger partial charge in [-0.05, 0) is 12.1 Å². The summed E-state index contributed by atoms with van der Waals surface area (Å²) >= 11 is 0. The van der Waals surface area contributed by atoms with Crippen LogP contribution < -0.4 is 11.2 Å². The number of carbonyl (C=O) groups is 1. The van der Waals surface area contributed by atoms with Gasteiger partial charge in [0.1, 0.15) is 6.07 Å². The molecule has 0 saturated carbocycles. The number of rotatable bonds is 5. The average Bonchev–Trinajstić information content (AvgIpc) is 2.55. The van der Waals surface area contributed by atoms with Crippen molar-refractivity contribution in [2.75, 3.05) is 5.43 Å². The maximum absolute atomic E-state index is 12.5. The van der Waals surface area contributed by atoms with E-state index in [0.29, 0.717) is 16.8 Å². The first-order valence-electron chi connectivity index (χ1n) is 6.40. The number of nitrogens with two attached hydrogens (primary N) is 1. The van der Waals surface area contributed by atoms with Crippen LogP contribution in [-0.4, -0.2) is 17.3 Å². The Hall–Kier alpha value is -3.46. The summed E-state index contributed by atoms with van der Waals surface area (Å²) in [6.45, 7) is 0. The lowest BCUT2D eigenvalue weighted by Crippen LogP contribution is -2.22. The monoisotopic (exact) mass is 291 g/mol. The largest absolute Gasteiger partial charge is 0.382 e. The van der Waals surface area contributed by atoms with Gasteiger partial charge in [0.2, 0.25) is 5.71 Å². The van der Waals surface area contributed by atoms with E-state index in [-0.39, 0.29) is 11.5 Å². The van der Waals surface area contributed by atoms with Gasteiger partial charge in [-0.1, -0.05) is 42.5 Å². The Bertz CT molecular complexity index is 775. The van der Waals surface area contributed by atoms with Gasteiger partial charge < -0.3 is 5.73 Å². The van der Waals surface area contributed by atoms with E-state index < -0.39 is 5.84 Å². The fourth-order valence-electron chi connectivity index (χ4n) is 1.79. The highest BCUT2D eigenvalue weighted by Gasteiger charge is 2.13. The van der Waals surface area contributed by atoms with Gasteiger partial charge in [-0.2, -0.15) is 10.4 Å². The highest BCUT2D eigenvalue weighted by atomic mass is 16.1. The Morgan fingerprint density at radius 2 is 1.77 bits per heavy atom. The molecule has 0 radical (unpaired) electrons. The number of nitrogens with zero attached hydrogens (tertiary/aromatic N) is 2. The van der Waals surface area contributed by atoms with Crippen LogP contribution in [-0.2, 0) is 0 Å². The molecule has 0 aliphatic rings. The van der Waals surface area contributed by atoms with Crippen molar-refractivity contribution in [3.05, 3.63) is 65.7 Å². The van der Waals surface area contributed by atoms with Gasteiger partial charge >= 0.3 is 0 Å². The highest BCUT2D eigenvalue weighted by Crippen LogP contribution is 2.19. The zero-order valence-electron chi connectivity index (χ0n) is 11.6. The summed E-state index contributed by atoms with van der Waals surface area (Å²) in [4.78, 5) is 12.5. The molecule has 0 spiro atoms. The smallest absolute Gasteiger partial charge is 0.201 e. The Labute approximate surface area is 127 Å².